The molecule has 2 rings (SSSR count). The predicted molar refractivity (Wildman–Crippen MR) is 78.9 cm³/mol. The van der Waals surface area contributed by atoms with Crippen LogP contribution in [0.3, 0.4) is 0 Å². The Bertz CT molecular complexity index is 587. The topological polar surface area (TPSA) is 101 Å². The van der Waals surface area contributed by atoms with Crippen LogP contribution in [0.25, 0.3) is 0 Å². The molecule has 1 saturated heterocycles. The number of nitrogens with zero attached hydrogens (tertiary/aromatic N) is 1. The lowest BCUT2D eigenvalue weighted by molar-refractivity contribution is -0.144. The molecule has 1 aromatic rings. The highest BCUT2D eigenvalue weighted by molar-refractivity contribution is 7.80. The highest BCUT2D eigenvalue weighted by atomic mass is 32.1. The van der Waals surface area contributed by atoms with Gasteiger partial charge in [0.05, 0.1) is 19.8 Å². The zero-order valence-corrected chi connectivity index (χ0v) is 12.6. The fourth-order valence-electron chi connectivity index (χ4n) is 2.04. The Labute approximate surface area is 131 Å². The first-order valence-electron chi connectivity index (χ1n) is 6.53. The fourth-order valence-corrected chi connectivity index (χ4v) is 2.35. The first-order valence-corrected chi connectivity index (χ1v) is 6.93. The van der Waals surface area contributed by atoms with E-state index in [0.29, 0.717) is 13.1 Å². The number of carbonyl (C=O) groups excluding carboxylic acids is 3. The largest absolute Gasteiger partial charge is 0.469 e. The molecular weight excluding hydrogens is 310 g/mol. The molecule has 0 aliphatic carbocycles. The van der Waals surface area contributed by atoms with Crippen LogP contribution in [-0.2, 0) is 14.3 Å². The van der Waals surface area contributed by atoms with Gasteiger partial charge in [-0.3, -0.25) is 19.7 Å². The molecular formula is C13H15N3O5S. The van der Waals surface area contributed by atoms with Crippen LogP contribution >= 0.6 is 12.2 Å². The molecule has 1 aliphatic heterocycles. The maximum atomic E-state index is 11.9. The Balaban J connectivity index is 2.06. The lowest BCUT2D eigenvalue weighted by Crippen LogP contribution is -2.60. The summed E-state index contributed by atoms with van der Waals surface area (Å²) in [5, 5.41) is 5.19. The summed E-state index contributed by atoms with van der Waals surface area (Å²) in [5.41, 5.74) is 0. The van der Waals surface area contributed by atoms with Crippen molar-refractivity contribution in [1.82, 2.24) is 15.5 Å². The number of ether oxygens (including phenoxy) is 1. The quantitative estimate of drug-likeness (QED) is 0.579. The van der Waals surface area contributed by atoms with Crippen LogP contribution < -0.4 is 10.6 Å². The molecule has 9 heteroatoms. The zero-order chi connectivity index (χ0) is 16.1. The van der Waals surface area contributed by atoms with Crippen molar-refractivity contribution < 1.29 is 23.5 Å². The van der Waals surface area contributed by atoms with E-state index in [1.165, 1.54) is 24.3 Å². The smallest absolute Gasteiger partial charge is 0.308 e. The van der Waals surface area contributed by atoms with E-state index in [2.05, 4.69) is 15.4 Å². The summed E-state index contributed by atoms with van der Waals surface area (Å²) in [7, 11) is 1.24. The van der Waals surface area contributed by atoms with Gasteiger partial charge >= 0.3 is 5.97 Å². The fraction of sp³-hybridized carbons (Fsp3) is 0.385. The van der Waals surface area contributed by atoms with Crippen molar-refractivity contribution in [3.05, 3.63) is 24.2 Å². The van der Waals surface area contributed by atoms with Gasteiger partial charge in [0, 0.05) is 13.1 Å². The number of furan rings is 1. The number of rotatable bonds is 3. The second kappa shape index (κ2) is 7.03. The Morgan fingerprint density at radius 1 is 1.59 bits per heavy atom. The first-order chi connectivity index (χ1) is 10.5. The van der Waals surface area contributed by atoms with Gasteiger partial charge in [0.1, 0.15) is 6.04 Å². The van der Waals surface area contributed by atoms with Crippen LogP contribution in [-0.4, -0.2) is 54.0 Å². The maximum absolute atomic E-state index is 11.9. The molecule has 8 nitrogen and oxygen atoms in total. The molecule has 1 fully saturated rings. The summed E-state index contributed by atoms with van der Waals surface area (Å²) < 4.78 is 9.55. The summed E-state index contributed by atoms with van der Waals surface area (Å²) in [6.45, 7) is 0.748. The van der Waals surface area contributed by atoms with Crippen LogP contribution in [0.2, 0.25) is 0 Å². The number of nitrogens with one attached hydrogen (secondary N) is 2. The van der Waals surface area contributed by atoms with Crippen LogP contribution in [0.15, 0.2) is 22.8 Å². The number of carbonyl (C=O) groups is 3. The van der Waals surface area contributed by atoms with Gasteiger partial charge in [-0.15, -0.1) is 0 Å². The van der Waals surface area contributed by atoms with Crippen molar-refractivity contribution in [3.8, 4) is 0 Å². The number of hydrogen-bond acceptors (Lipinski definition) is 6. The molecule has 0 spiro atoms. The van der Waals surface area contributed by atoms with E-state index in [1.807, 2.05) is 0 Å². The normalized spacial score (nSPS) is 17.6. The van der Waals surface area contributed by atoms with Gasteiger partial charge < -0.3 is 19.4 Å². The van der Waals surface area contributed by atoms with E-state index in [1.54, 1.807) is 6.07 Å². The summed E-state index contributed by atoms with van der Waals surface area (Å²) >= 11 is 5.16. The lowest BCUT2D eigenvalue weighted by atomic mass is 10.1. The van der Waals surface area contributed by atoms with E-state index in [9.17, 15) is 14.4 Å². The molecule has 0 bridgehead atoms. The van der Waals surface area contributed by atoms with Gasteiger partial charge in [-0.1, -0.05) is 0 Å². The highest BCUT2D eigenvalue weighted by Crippen LogP contribution is 2.11. The number of amides is 2. The molecule has 22 heavy (non-hydrogen) atoms. The van der Waals surface area contributed by atoms with Gasteiger partial charge in [-0.2, -0.15) is 0 Å². The van der Waals surface area contributed by atoms with Gasteiger partial charge in [0.25, 0.3) is 5.91 Å². The number of piperazine rings is 1. The van der Waals surface area contributed by atoms with E-state index >= 15 is 0 Å². The third-order valence-corrected chi connectivity index (χ3v) is 3.48. The summed E-state index contributed by atoms with van der Waals surface area (Å²) in [5.74, 6) is -1.29. The second-order valence-electron chi connectivity index (χ2n) is 4.52. The van der Waals surface area contributed by atoms with E-state index in [4.69, 9.17) is 16.6 Å². The number of hydrogen-bond donors (Lipinski definition) is 2. The Morgan fingerprint density at radius 2 is 2.36 bits per heavy atom. The predicted octanol–water partition coefficient (Wildman–Crippen LogP) is -0.342. The Kier molecular flexibility index (Phi) is 5.10. The number of esters is 1. The molecule has 2 N–H and O–H groups in total. The molecule has 1 aromatic heterocycles. The van der Waals surface area contributed by atoms with E-state index < -0.39 is 17.9 Å². The first kappa shape index (κ1) is 16.0. The molecule has 1 aliphatic rings. The van der Waals surface area contributed by atoms with Gasteiger partial charge in [0.2, 0.25) is 5.91 Å². The molecule has 2 amide bonds. The zero-order valence-electron chi connectivity index (χ0n) is 11.8. The minimum absolute atomic E-state index is 0.0603. The Hall–Kier alpha value is -2.42. The Morgan fingerprint density at radius 3 is 3.00 bits per heavy atom. The van der Waals surface area contributed by atoms with Crippen LogP contribution in [0.1, 0.15) is 17.0 Å². The third kappa shape index (κ3) is 3.61. The second-order valence-corrected chi connectivity index (χ2v) is 4.90. The molecule has 1 unspecified atom stereocenters. The van der Waals surface area contributed by atoms with Crippen LogP contribution in [0, 0.1) is 0 Å². The standard InChI is InChI=1S/C13H15N3O5S/c1-20-10(17)7-8-11(18)14-4-5-16(8)13(22)15-12(19)9-3-2-6-21-9/h2-3,6,8H,4-5,7H2,1H3,(H,14,18)(H,15,19,22). The summed E-state index contributed by atoms with van der Waals surface area (Å²) in [6.07, 6.45) is 1.21. The molecule has 2 heterocycles. The highest BCUT2D eigenvalue weighted by Gasteiger charge is 2.34. The molecule has 0 aromatic carbocycles. The van der Waals surface area contributed by atoms with Gasteiger partial charge in [0.15, 0.2) is 10.9 Å². The molecule has 0 saturated carbocycles. The SMILES string of the molecule is COC(=O)CC1C(=O)NCCN1C(=S)NC(=O)c1ccco1. The van der Waals surface area contributed by atoms with E-state index in [0.717, 1.165) is 0 Å². The monoisotopic (exact) mass is 325 g/mol. The van der Waals surface area contributed by atoms with E-state index in [-0.39, 0.29) is 23.2 Å². The average molecular weight is 325 g/mol. The maximum Gasteiger partial charge on any atom is 0.308 e. The minimum atomic E-state index is -0.814. The molecule has 0 radical (unpaired) electrons. The molecule has 1 atom stereocenters. The number of thiocarbonyl (C=S) groups is 1. The van der Waals surface area contributed by atoms with Crippen molar-refractivity contribution >= 4 is 35.1 Å². The third-order valence-electron chi connectivity index (χ3n) is 3.14. The van der Waals surface area contributed by atoms with Crippen molar-refractivity contribution in [2.75, 3.05) is 20.2 Å². The van der Waals surface area contributed by atoms with Gasteiger partial charge in [-0.25, -0.2) is 0 Å². The van der Waals surface area contributed by atoms with Crippen molar-refractivity contribution in [1.29, 1.82) is 0 Å². The van der Waals surface area contributed by atoms with Crippen LogP contribution in [0.4, 0.5) is 0 Å². The minimum Gasteiger partial charge on any atom is -0.469 e. The number of methoxy groups -OCH3 is 1. The summed E-state index contributed by atoms with van der Waals surface area (Å²) in [4.78, 5) is 36.8. The van der Waals surface area contributed by atoms with Crippen LogP contribution in [0.5, 0.6) is 0 Å². The summed E-state index contributed by atoms with van der Waals surface area (Å²) in [6, 6.07) is 2.25. The molecule has 118 valence electrons. The lowest BCUT2D eigenvalue weighted by Gasteiger charge is -2.35. The van der Waals surface area contributed by atoms with Gasteiger partial charge in [-0.05, 0) is 24.4 Å². The van der Waals surface area contributed by atoms with Crippen molar-refractivity contribution in [3.63, 3.8) is 0 Å². The van der Waals surface area contributed by atoms with Crippen molar-refractivity contribution in [2.24, 2.45) is 0 Å². The average Bonchev–Trinajstić information content (AvgIpc) is 3.03. The van der Waals surface area contributed by atoms with Crippen molar-refractivity contribution in [2.45, 2.75) is 12.5 Å².